The van der Waals surface area contributed by atoms with E-state index in [1.165, 1.54) is 10.9 Å². The Labute approximate surface area is 121 Å². The standard InChI is InChI=1S/C14H17N3O2S/c1-4-10-6-9(13(18)19)7-12(15-10)17-14-16-11(5-2)8(3)20-14/h6-7H,4-5H2,1-3H3,(H,18,19)(H,15,16,17). The Kier molecular flexibility index (Phi) is 4.34. The number of aromatic nitrogens is 2. The zero-order valence-corrected chi connectivity index (χ0v) is 12.5. The van der Waals surface area contributed by atoms with E-state index in [1.54, 1.807) is 17.4 Å². The van der Waals surface area contributed by atoms with Gasteiger partial charge in [-0.15, -0.1) is 11.3 Å². The Bertz CT molecular complexity index is 637. The van der Waals surface area contributed by atoms with Gasteiger partial charge >= 0.3 is 5.97 Å². The molecule has 0 aliphatic rings. The molecule has 2 aromatic rings. The fourth-order valence-corrected chi connectivity index (χ4v) is 2.78. The minimum atomic E-state index is -0.949. The highest BCUT2D eigenvalue weighted by Gasteiger charge is 2.10. The second-order valence-electron chi connectivity index (χ2n) is 4.39. The number of hydrogen-bond acceptors (Lipinski definition) is 5. The number of nitrogens with zero attached hydrogens (tertiary/aromatic N) is 2. The van der Waals surface area contributed by atoms with Crippen LogP contribution in [0, 0.1) is 6.92 Å². The number of pyridine rings is 1. The molecule has 0 aliphatic carbocycles. The summed E-state index contributed by atoms with van der Waals surface area (Å²) in [6.07, 6.45) is 1.57. The van der Waals surface area contributed by atoms with Gasteiger partial charge < -0.3 is 10.4 Å². The molecule has 0 fully saturated rings. The molecule has 0 radical (unpaired) electrons. The van der Waals surface area contributed by atoms with Gasteiger partial charge in [-0.05, 0) is 31.9 Å². The molecule has 0 bridgehead atoms. The number of nitrogens with one attached hydrogen (secondary N) is 1. The van der Waals surface area contributed by atoms with Crippen molar-refractivity contribution in [2.45, 2.75) is 33.6 Å². The number of carboxylic acids is 1. The summed E-state index contributed by atoms with van der Waals surface area (Å²) in [5, 5.41) is 13.0. The molecule has 0 saturated heterocycles. The summed E-state index contributed by atoms with van der Waals surface area (Å²) < 4.78 is 0. The molecule has 20 heavy (non-hydrogen) atoms. The number of carboxylic acid groups (broad SMARTS) is 1. The van der Waals surface area contributed by atoms with E-state index in [9.17, 15) is 4.79 Å². The lowest BCUT2D eigenvalue weighted by Crippen LogP contribution is -2.03. The summed E-state index contributed by atoms with van der Waals surface area (Å²) in [4.78, 5) is 21.1. The van der Waals surface area contributed by atoms with Crippen LogP contribution in [-0.2, 0) is 12.8 Å². The monoisotopic (exact) mass is 291 g/mol. The molecule has 2 aromatic heterocycles. The molecule has 0 unspecified atom stereocenters. The lowest BCUT2D eigenvalue weighted by molar-refractivity contribution is 0.0696. The highest BCUT2D eigenvalue weighted by atomic mass is 32.1. The first kappa shape index (κ1) is 14.5. The minimum Gasteiger partial charge on any atom is -0.478 e. The van der Waals surface area contributed by atoms with E-state index < -0.39 is 5.97 Å². The zero-order chi connectivity index (χ0) is 14.7. The van der Waals surface area contributed by atoms with Crippen LogP contribution in [0.3, 0.4) is 0 Å². The average Bonchev–Trinajstić information content (AvgIpc) is 2.78. The number of aryl methyl sites for hydroxylation is 3. The normalized spacial score (nSPS) is 10.6. The van der Waals surface area contributed by atoms with E-state index in [0.717, 1.165) is 22.9 Å². The van der Waals surface area contributed by atoms with Gasteiger partial charge in [0.1, 0.15) is 5.82 Å². The van der Waals surface area contributed by atoms with Crippen molar-refractivity contribution < 1.29 is 9.90 Å². The maximum Gasteiger partial charge on any atom is 0.335 e. The van der Waals surface area contributed by atoms with Crippen LogP contribution in [0.25, 0.3) is 0 Å². The van der Waals surface area contributed by atoms with Gasteiger partial charge in [-0.2, -0.15) is 0 Å². The summed E-state index contributed by atoms with van der Waals surface area (Å²) in [7, 11) is 0. The van der Waals surface area contributed by atoms with E-state index in [0.29, 0.717) is 12.2 Å². The molecule has 106 valence electrons. The quantitative estimate of drug-likeness (QED) is 0.883. The van der Waals surface area contributed by atoms with Crippen molar-refractivity contribution in [2.75, 3.05) is 5.32 Å². The Morgan fingerprint density at radius 2 is 2.05 bits per heavy atom. The fourth-order valence-electron chi connectivity index (χ4n) is 1.88. The van der Waals surface area contributed by atoms with Crippen LogP contribution >= 0.6 is 11.3 Å². The smallest absolute Gasteiger partial charge is 0.335 e. The van der Waals surface area contributed by atoms with Crippen molar-refractivity contribution in [3.8, 4) is 0 Å². The molecule has 0 amide bonds. The van der Waals surface area contributed by atoms with Crippen LogP contribution in [0.4, 0.5) is 10.9 Å². The van der Waals surface area contributed by atoms with Gasteiger partial charge in [0.25, 0.3) is 0 Å². The molecule has 0 saturated carbocycles. The van der Waals surface area contributed by atoms with Crippen LogP contribution in [0.2, 0.25) is 0 Å². The van der Waals surface area contributed by atoms with Crippen molar-refractivity contribution in [3.05, 3.63) is 34.0 Å². The van der Waals surface area contributed by atoms with E-state index >= 15 is 0 Å². The SMILES string of the molecule is CCc1cc(C(=O)O)cc(Nc2nc(CC)c(C)s2)n1. The van der Waals surface area contributed by atoms with Crippen LogP contribution in [0.15, 0.2) is 12.1 Å². The maximum absolute atomic E-state index is 11.1. The predicted octanol–water partition coefficient (Wildman–Crippen LogP) is 3.41. The molecule has 0 aliphatic heterocycles. The molecule has 6 heteroatoms. The number of rotatable bonds is 5. The Hall–Kier alpha value is -1.95. The van der Waals surface area contributed by atoms with E-state index in [-0.39, 0.29) is 5.56 Å². The van der Waals surface area contributed by atoms with Crippen LogP contribution in [0.5, 0.6) is 0 Å². The van der Waals surface area contributed by atoms with Gasteiger partial charge in [0.2, 0.25) is 0 Å². The summed E-state index contributed by atoms with van der Waals surface area (Å²) in [5.41, 5.74) is 2.04. The van der Waals surface area contributed by atoms with Crippen molar-refractivity contribution in [1.82, 2.24) is 9.97 Å². The van der Waals surface area contributed by atoms with E-state index in [1.807, 2.05) is 13.8 Å². The largest absolute Gasteiger partial charge is 0.478 e. The molecule has 0 aromatic carbocycles. The number of hydrogen-bond donors (Lipinski definition) is 2. The van der Waals surface area contributed by atoms with E-state index in [2.05, 4.69) is 22.2 Å². The summed E-state index contributed by atoms with van der Waals surface area (Å²) in [6, 6.07) is 3.13. The minimum absolute atomic E-state index is 0.239. The second-order valence-corrected chi connectivity index (χ2v) is 5.59. The summed E-state index contributed by atoms with van der Waals surface area (Å²) >= 11 is 1.55. The Balaban J connectivity index is 2.32. The highest BCUT2D eigenvalue weighted by molar-refractivity contribution is 7.15. The number of thiazole rings is 1. The topological polar surface area (TPSA) is 75.1 Å². The summed E-state index contributed by atoms with van der Waals surface area (Å²) in [5.74, 6) is -0.423. The first-order valence-electron chi connectivity index (χ1n) is 6.51. The van der Waals surface area contributed by atoms with Crippen molar-refractivity contribution in [3.63, 3.8) is 0 Å². The lowest BCUT2D eigenvalue weighted by Gasteiger charge is -2.06. The highest BCUT2D eigenvalue weighted by Crippen LogP contribution is 2.25. The first-order chi connectivity index (χ1) is 9.53. The van der Waals surface area contributed by atoms with Crippen molar-refractivity contribution in [1.29, 1.82) is 0 Å². The first-order valence-corrected chi connectivity index (χ1v) is 7.32. The molecular weight excluding hydrogens is 274 g/mol. The fraction of sp³-hybridized carbons (Fsp3) is 0.357. The van der Waals surface area contributed by atoms with Gasteiger partial charge in [-0.25, -0.2) is 14.8 Å². The molecule has 2 N–H and O–H groups in total. The second kappa shape index (κ2) is 6.00. The molecule has 0 atom stereocenters. The Morgan fingerprint density at radius 3 is 2.60 bits per heavy atom. The predicted molar refractivity (Wildman–Crippen MR) is 80.1 cm³/mol. The maximum atomic E-state index is 11.1. The van der Waals surface area contributed by atoms with Gasteiger partial charge in [0.05, 0.1) is 11.3 Å². The summed E-state index contributed by atoms with van der Waals surface area (Å²) in [6.45, 7) is 6.03. The molecule has 5 nitrogen and oxygen atoms in total. The van der Waals surface area contributed by atoms with Gasteiger partial charge in [0, 0.05) is 10.6 Å². The third-order valence-electron chi connectivity index (χ3n) is 2.95. The van der Waals surface area contributed by atoms with Gasteiger partial charge in [0.15, 0.2) is 5.13 Å². The molecule has 0 spiro atoms. The molecule has 2 rings (SSSR count). The molecular formula is C14H17N3O2S. The van der Waals surface area contributed by atoms with Gasteiger partial charge in [-0.1, -0.05) is 13.8 Å². The number of anilines is 2. The van der Waals surface area contributed by atoms with Crippen LogP contribution in [0.1, 0.15) is 40.5 Å². The molecule has 2 heterocycles. The van der Waals surface area contributed by atoms with Crippen LogP contribution < -0.4 is 5.32 Å². The number of aromatic carboxylic acids is 1. The van der Waals surface area contributed by atoms with Crippen molar-refractivity contribution >= 4 is 28.3 Å². The third kappa shape index (κ3) is 3.14. The van der Waals surface area contributed by atoms with Crippen molar-refractivity contribution in [2.24, 2.45) is 0 Å². The van der Waals surface area contributed by atoms with E-state index in [4.69, 9.17) is 5.11 Å². The average molecular weight is 291 g/mol. The lowest BCUT2D eigenvalue weighted by atomic mass is 10.2. The zero-order valence-electron chi connectivity index (χ0n) is 11.7. The number of carbonyl (C=O) groups is 1. The van der Waals surface area contributed by atoms with Gasteiger partial charge in [-0.3, -0.25) is 0 Å². The Morgan fingerprint density at radius 1 is 1.30 bits per heavy atom. The third-order valence-corrected chi connectivity index (χ3v) is 3.88. The van der Waals surface area contributed by atoms with Crippen LogP contribution in [-0.4, -0.2) is 21.0 Å².